The minimum atomic E-state index is -0.498. The van der Waals surface area contributed by atoms with Crippen LogP contribution in [0.4, 0.5) is 0 Å². The van der Waals surface area contributed by atoms with Crippen LogP contribution in [-0.4, -0.2) is 38.3 Å². The second-order valence-corrected chi connectivity index (χ2v) is 21.8. The highest BCUT2D eigenvalue weighted by atomic mass is 16.3. The molecule has 0 bridgehead atoms. The van der Waals surface area contributed by atoms with Crippen molar-refractivity contribution >= 4 is 5.78 Å². The molecule has 1 aliphatic heterocycles. The van der Waals surface area contributed by atoms with Crippen molar-refractivity contribution in [2.45, 2.75) is 192 Å². The molecule has 8 saturated carbocycles. The molecule has 2 spiro atoms. The van der Waals surface area contributed by atoms with Crippen LogP contribution in [-0.2, 0) is 4.79 Å². The molecule has 8 aliphatic carbocycles. The van der Waals surface area contributed by atoms with Crippen molar-refractivity contribution in [3.63, 3.8) is 0 Å². The molecular weight excluding hydrogens is 578 g/mol. The summed E-state index contributed by atoms with van der Waals surface area (Å²) < 4.78 is 0. The molecule has 9 rings (SSSR count). The number of hydrogen-bond acceptors (Lipinski definition) is 4. The first-order valence-corrected chi connectivity index (χ1v) is 20.7. The maximum Gasteiger partial charge on any atom is 0.136 e. The summed E-state index contributed by atoms with van der Waals surface area (Å²) in [7, 11) is 0. The lowest BCUT2D eigenvalue weighted by molar-refractivity contribution is -0.166. The highest BCUT2D eigenvalue weighted by Crippen LogP contribution is 2.71. The van der Waals surface area contributed by atoms with Crippen LogP contribution in [0, 0.1) is 69.0 Å². The monoisotopic (exact) mass is 648 g/mol. The Labute approximate surface area is 286 Å². The molecule has 16 unspecified atom stereocenters. The molecule has 47 heavy (non-hydrogen) atoms. The van der Waals surface area contributed by atoms with Crippen LogP contribution in [0.15, 0.2) is 0 Å². The van der Waals surface area contributed by atoms with E-state index in [-0.39, 0.29) is 21.9 Å². The van der Waals surface area contributed by atoms with Gasteiger partial charge in [0.15, 0.2) is 0 Å². The van der Waals surface area contributed by atoms with Gasteiger partial charge in [0.25, 0.3) is 0 Å². The van der Waals surface area contributed by atoms with Gasteiger partial charge in [-0.15, -0.1) is 0 Å². The van der Waals surface area contributed by atoms with E-state index in [1.807, 2.05) is 0 Å². The third-order valence-corrected chi connectivity index (χ3v) is 20.4. The molecule has 0 aromatic carbocycles. The molecular formula is C43H69NO3. The van der Waals surface area contributed by atoms with Gasteiger partial charge < -0.3 is 15.5 Å². The van der Waals surface area contributed by atoms with Crippen LogP contribution in [0.3, 0.4) is 0 Å². The normalized spacial score (nSPS) is 63.1. The predicted molar refractivity (Wildman–Crippen MR) is 188 cm³/mol. The topological polar surface area (TPSA) is 69.6 Å². The second-order valence-electron chi connectivity index (χ2n) is 21.8. The van der Waals surface area contributed by atoms with E-state index in [1.165, 1.54) is 103 Å². The number of hydrogen-bond donors (Lipinski definition) is 3. The van der Waals surface area contributed by atoms with E-state index in [0.717, 1.165) is 61.2 Å². The molecule has 1 saturated heterocycles. The molecule has 0 aromatic rings. The van der Waals surface area contributed by atoms with Gasteiger partial charge in [-0.1, -0.05) is 27.7 Å². The Balaban J connectivity index is 0.923. The van der Waals surface area contributed by atoms with Crippen molar-refractivity contribution in [2.75, 3.05) is 0 Å². The van der Waals surface area contributed by atoms with Crippen molar-refractivity contribution in [3.05, 3.63) is 0 Å². The van der Waals surface area contributed by atoms with Crippen molar-refractivity contribution in [1.29, 1.82) is 0 Å². The van der Waals surface area contributed by atoms with Gasteiger partial charge in [0.1, 0.15) is 5.78 Å². The van der Waals surface area contributed by atoms with Gasteiger partial charge in [0.2, 0.25) is 0 Å². The SMILES string of the molecule is CC12CCC3(CC(=O)CC4(CCC5(C)C(CCC6C5CCC5(C)C6CCC5(C)O)C4)N3)CC1CCC1C2CCC2(C)C1CCC2(C)O. The molecule has 9 fully saturated rings. The van der Waals surface area contributed by atoms with Gasteiger partial charge in [0.05, 0.1) is 11.2 Å². The Morgan fingerprint density at radius 2 is 0.915 bits per heavy atom. The standard InChI is InChI=1S/C43H69NO3/c1-36-19-21-42(23-27(36)7-9-30-32(36)11-15-38(3)34(30)13-17-40(38,5)46)25-29(45)26-43(44-42)22-20-37(2)28(24-43)8-10-31-33(37)12-16-39(4)35(31)14-18-41(39,6)47/h27-28,30-35,44,46-47H,7-26H2,1-6H3. The number of nitrogens with one attached hydrogen (secondary N) is 1. The predicted octanol–water partition coefficient (Wildman–Crippen LogP) is 9.00. The summed E-state index contributed by atoms with van der Waals surface area (Å²) in [4.78, 5) is 13.9. The van der Waals surface area contributed by atoms with Gasteiger partial charge in [-0.25, -0.2) is 0 Å². The highest BCUT2D eigenvalue weighted by molar-refractivity contribution is 5.82. The van der Waals surface area contributed by atoms with Gasteiger partial charge >= 0.3 is 0 Å². The number of aliphatic hydroxyl groups is 2. The lowest BCUT2D eigenvalue weighted by Crippen LogP contribution is -2.70. The molecule has 0 radical (unpaired) electrons. The minimum Gasteiger partial charge on any atom is -0.390 e. The molecule has 0 amide bonds. The lowest BCUT2D eigenvalue weighted by Gasteiger charge is -2.66. The van der Waals surface area contributed by atoms with Crippen LogP contribution in [0.5, 0.6) is 0 Å². The van der Waals surface area contributed by atoms with E-state index in [1.54, 1.807) is 0 Å². The summed E-state index contributed by atoms with van der Waals surface area (Å²) in [6.07, 6.45) is 23.6. The summed E-state index contributed by atoms with van der Waals surface area (Å²) in [5.41, 5.74) is 0.00814. The van der Waals surface area contributed by atoms with Crippen molar-refractivity contribution in [3.8, 4) is 0 Å². The van der Waals surface area contributed by atoms with Crippen LogP contribution in [0.2, 0.25) is 0 Å². The molecule has 3 N–H and O–H groups in total. The molecule has 0 aromatic heterocycles. The van der Waals surface area contributed by atoms with E-state index in [2.05, 4.69) is 46.9 Å². The van der Waals surface area contributed by atoms with Crippen LogP contribution < -0.4 is 5.32 Å². The van der Waals surface area contributed by atoms with Crippen LogP contribution in [0.1, 0.15) is 170 Å². The Morgan fingerprint density at radius 3 is 1.34 bits per heavy atom. The maximum atomic E-state index is 13.9. The third kappa shape index (κ3) is 4.19. The summed E-state index contributed by atoms with van der Waals surface area (Å²) in [5, 5.41) is 27.3. The molecule has 264 valence electrons. The first-order chi connectivity index (χ1) is 22.0. The van der Waals surface area contributed by atoms with E-state index < -0.39 is 11.2 Å². The summed E-state index contributed by atoms with van der Waals surface area (Å²) in [5.74, 6) is 6.54. The number of Topliss-reactive ketones (excluding diaryl/α,β-unsaturated/α-hetero) is 1. The average Bonchev–Trinajstić information content (AvgIpc) is 3.40. The van der Waals surface area contributed by atoms with Gasteiger partial charge in [0, 0.05) is 23.9 Å². The fraction of sp³-hybridized carbons (Fsp3) is 0.977. The lowest BCUT2D eigenvalue weighted by atomic mass is 9.42. The quantitative estimate of drug-likeness (QED) is 0.245. The first kappa shape index (κ1) is 32.5. The zero-order valence-corrected chi connectivity index (χ0v) is 31.1. The van der Waals surface area contributed by atoms with E-state index in [9.17, 15) is 15.0 Å². The largest absolute Gasteiger partial charge is 0.390 e. The van der Waals surface area contributed by atoms with Crippen LogP contribution >= 0.6 is 0 Å². The Bertz CT molecular complexity index is 1230. The summed E-state index contributed by atoms with van der Waals surface area (Å²) in [6.45, 7) is 14.5. The Hall–Kier alpha value is -0.450. The zero-order chi connectivity index (χ0) is 33.0. The molecule has 16 atom stereocenters. The zero-order valence-electron chi connectivity index (χ0n) is 31.1. The second kappa shape index (κ2) is 9.90. The fourth-order valence-electron chi connectivity index (χ4n) is 17.2. The fourth-order valence-corrected chi connectivity index (χ4v) is 17.2. The number of fused-ring (bicyclic) bond motifs is 10. The highest BCUT2D eigenvalue weighted by Gasteiger charge is 2.67. The van der Waals surface area contributed by atoms with Gasteiger partial charge in [-0.2, -0.15) is 0 Å². The number of carbonyl (C=O) groups is 1. The number of piperidine rings is 1. The van der Waals surface area contributed by atoms with E-state index in [4.69, 9.17) is 0 Å². The smallest absolute Gasteiger partial charge is 0.136 e. The third-order valence-electron chi connectivity index (χ3n) is 20.4. The van der Waals surface area contributed by atoms with Gasteiger partial charge in [-0.05, 0) is 198 Å². The van der Waals surface area contributed by atoms with E-state index in [0.29, 0.717) is 28.4 Å². The maximum absolute atomic E-state index is 13.9. The van der Waals surface area contributed by atoms with Crippen LogP contribution in [0.25, 0.3) is 0 Å². The van der Waals surface area contributed by atoms with Crippen molar-refractivity contribution in [2.24, 2.45) is 69.0 Å². The first-order valence-electron chi connectivity index (χ1n) is 20.7. The number of carbonyl (C=O) groups excluding carboxylic acids is 1. The minimum absolute atomic E-state index is 0.0135. The van der Waals surface area contributed by atoms with E-state index >= 15 is 0 Å². The van der Waals surface area contributed by atoms with Crippen molar-refractivity contribution in [1.82, 2.24) is 5.32 Å². The number of ketones is 1. The van der Waals surface area contributed by atoms with Gasteiger partial charge in [-0.3, -0.25) is 4.79 Å². The Kier molecular flexibility index (Phi) is 6.84. The molecule has 4 heteroatoms. The molecule has 9 aliphatic rings. The average molecular weight is 648 g/mol. The van der Waals surface area contributed by atoms with Crippen molar-refractivity contribution < 1.29 is 15.0 Å². The molecule has 1 heterocycles. The summed E-state index contributed by atoms with van der Waals surface area (Å²) in [6, 6.07) is 0. The molecule has 4 nitrogen and oxygen atoms in total. The number of rotatable bonds is 0. The summed E-state index contributed by atoms with van der Waals surface area (Å²) >= 11 is 0. The Morgan fingerprint density at radius 1 is 0.511 bits per heavy atom.